The Kier molecular flexibility index (Phi) is 4.35. The number of hydrogen-bond acceptors (Lipinski definition) is 2. The second kappa shape index (κ2) is 5.70. The van der Waals surface area contributed by atoms with Gasteiger partial charge in [0, 0.05) is 11.7 Å². The molecule has 4 atom stereocenters. The maximum absolute atomic E-state index is 13.5. The van der Waals surface area contributed by atoms with Crippen molar-refractivity contribution >= 4 is 24.0 Å². The Labute approximate surface area is 124 Å². The van der Waals surface area contributed by atoms with Gasteiger partial charge in [-0.3, -0.25) is 4.79 Å². The fraction of sp³-hybridized carbons (Fsp3) is 0.533. The number of amides is 1. The van der Waals surface area contributed by atoms with Crippen LogP contribution in [0.4, 0.5) is 10.1 Å². The molecule has 2 bridgehead atoms. The van der Waals surface area contributed by atoms with Gasteiger partial charge in [0.15, 0.2) is 0 Å². The summed E-state index contributed by atoms with van der Waals surface area (Å²) >= 11 is 0. The monoisotopic (exact) mass is 298 g/mol. The number of rotatable bonds is 2. The number of anilines is 1. The van der Waals surface area contributed by atoms with Gasteiger partial charge in [-0.1, -0.05) is 6.07 Å². The molecule has 3 rings (SSSR count). The number of nitrogens with one attached hydrogen (secondary N) is 1. The minimum Gasteiger partial charge on any atom is -0.327 e. The van der Waals surface area contributed by atoms with Gasteiger partial charge in [0.05, 0.1) is 5.92 Å². The van der Waals surface area contributed by atoms with Crippen molar-refractivity contribution in [2.45, 2.75) is 32.2 Å². The molecule has 0 spiro atoms. The minimum absolute atomic E-state index is 0. The van der Waals surface area contributed by atoms with Crippen molar-refractivity contribution in [3.8, 4) is 0 Å². The lowest BCUT2D eigenvalue weighted by molar-refractivity contribution is -0.121. The van der Waals surface area contributed by atoms with Gasteiger partial charge in [0.1, 0.15) is 5.82 Å². The Morgan fingerprint density at radius 2 is 2.05 bits per heavy atom. The van der Waals surface area contributed by atoms with E-state index in [2.05, 4.69) is 5.32 Å². The van der Waals surface area contributed by atoms with Crippen LogP contribution in [0, 0.1) is 30.5 Å². The second-order valence-electron chi connectivity index (χ2n) is 5.89. The molecule has 1 aromatic carbocycles. The van der Waals surface area contributed by atoms with Gasteiger partial charge >= 0.3 is 0 Å². The molecule has 20 heavy (non-hydrogen) atoms. The van der Waals surface area contributed by atoms with E-state index in [1.165, 1.54) is 6.07 Å². The number of carbonyl (C=O) groups is 1. The first-order valence-electron chi connectivity index (χ1n) is 6.89. The van der Waals surface area contributed by atoms with Crippen molar-refractivity contribution in [1.29, 1.82) is 0 Å². The van der Waals surface area contributed by atoms with E-state index in [1.807, 2.05) is 0 Å². The van der Waals surface area contributed by atoms with Crippen LogP contribution in [0.2, 0.25) is 0 Å². The molecule has 4 unspecified atom stereocenters. The lowest BCUT2D eigenvalue weighted by Gasteiger charge is -2.27. The van der Waals surface area contributed by atoms with Crippen molar-refractivity contribution in [3.05, 3.63) is 29.6 Å². The van der Waals surface area contributed by atoms with Crippen LogP contribution in [-0.4, -0.2) is 11.9 Å². The quantitative estimate of drug-likeness (QED) is 0.882. The molecule has 2 aliphatic carbocycles. The summed E-state index contributed by atoms with van der Waals surface area (Å²) in [6.07, 6.45) is 3.31. The molecule has 0 radical (unpaired) electrons. The highest BCUT2D eigenvalue weighted by atomic mass is 35.5. The topological polar surface area (TPSA) is 55.1 Å². The van der Waals surface area contributed by atoms with E-state index in [-0.39, 0.29) is 36.1 Å². The normalized spacial score (nSPS) is 30.9. The Morgan fingerprint density at radius 1 is 1.35 bits per heavy atom. The number of aryl methyl sites for hydroxylation is 1. The van der Waals surface area contributed by atoms with Gasteiger partial charge < -0.3 is 11.1 Å². The molecule has 2 fully saturated rings. The van der Waals surface area contributed by atoms with E-state index in [9.17, 15) is 9.18 Å². The summed E-state index contributed by atoms with van der Waals surface area (Å²) in [4.78, 5) is 12.3. The average molecular weight is 299 g/mol. The van der Waals surface area contributed by atoms with Crippen molar-refractivity contribution in [3.63, 3.8) is 0 Å². The second-order valence-corrected chi connectivity index (χ2v) is 5.89. The zero-order valence-electron chi connectivity index (χ0n) is 11.4. The lowest BCUT2D eigenvalue weighted by Crippen LogP contribution is -2.42. The molecule has 3 nitrogen and oxygen atoms in total. The fourth-order valence-corrected chi connectivity index (χ4v) is 3.62. The van der Waals surface area contributed by atoms with E-state index in [1.54, 1.807) is 19.1 Å². The summed E-state index contributed by atoms with van der Waals surface area (Å²) in [5, 5.41) is 2.81. The Balaban J connectivity index is 0.00000147. The summed E-state index contributed by atoms with van der Waals surface area (Å²) < 4.78 is 13.5. The summed E-state index contributed by atoms with van der Waals surface area (Å²) in [5.74, 6) is 0.451. The number of halogens is 2. The summed E-state index contributed by atoms with van der Waals surface area (Å²) in [7, 11) is 0. The van der Waals surface area contributed by atoms with Crippen LogP contribution in [0.3, 0.4) is 0 Å². The van der Waals surface area contributed by atoms with E-state index in [0.29, 0.717) is 23.1 Å². The standard InChI is InChI=1S/C15H19FN2O.ClH/c1-8-2-5-11(7-12(8)16)18-15(19)13-9-3-4-10(6-9)14(13)17;/h2,5,7,9-10,13-14H,3-4,6,17H2,1H3,(H,18,19);1H. The predicted octanol–water partition coefficient (Wildman–Crippen LogP) is 2.87. The number of nitrogens with two attached hydrogens (primary N) is 1. The first-order valence-corrected chi connectivity index (χ1v) is 6.89. The zero-order valence-corrected chi connectivity index (χ0v) is 12.3. The third kappa shape index (κ3) is 2.54. The largest absolute Gasteiger partial charge is 0.327 e. The van der Waals surface area contributed by atoms with Crippen LogP contribution in [0.1, 0.15) is 24.8 Å². The van der Waals surface area contributed by atoms with Crippen LogP contribution in [0.15, 0.2) is 18.2 Å². The van der Waals surface area contributed by atoms with E-state index >= 15 is 0 Å². The van der Waals surface area contributed by atoms with Crippen LogP contribution >= 0.6 is 12.4 Å². The van der Waals surface area contributed by atoms with Crippen LogP contribution in [0.25, 0.3) is 0 Å². The van der Waals surface area contributed by atoms with Crippen LogP contribution < -0.4 is 11.1 Å². The third-order valence-electron chi connectivity index (χ3n) is 4.72. The van der Waals surface area contributed by atoms with Gasteiger partial charge in [-0.15, -0.1) is 12.4 Å². The molecule has 0 heterocycles. The molecule has 2 saturated carbocycles. The highest BCUT2D eigenvalue weighted by Gasteiger charge is 2.49. The minimum atomic E-state index is -0.296. The van der Waals surface area contributed by atoms with Gasteiger partial charge in [-0.2, -0.15) is 0 Å². The van der Waals surface area contributed by atoms with Gasteiger partial charge in [-0.05, 0) is 55.7 Å². The molecular weight excluding hydrogens is 279 g/mol. The summed E-state index contributed by atoms with van der Waals surface area (Å²) in [5.41, 5.74) is 7.23. The van der Waals surface area contributed by atoms with Crippen molar-refractivity contribution < 1.29 is 9.18 Å². The van der Waals surface area contributed by atoms with Crippen LogP contribution in [-0.2, 0) is 4.79 Å². The van der Waals surface area contributed by atoms with Gasteiger partial charge in [0.2, 0.25) is 5.91 Å². The van der Waals surface area contributed by atoms with Crippen molar-refractivity contribution in [1.82, 2.24) is 0 Å². The van der Waals surface area contributed by atoms with Crippen molar-refractivity contribution in [2.24, 2.45) is 23.5 Å². The molecular formula is C15H20ClFN2O. The molecule has 110 valence electrons. The Bertz CT molecular complexity index is 521. The summed E-state index contributed by atoms with van der Waals surface area (Å²) in [6.45, 7) is 1.70. The van der Waals surface area contributed by atoms with E-state index in [4.69, 9.17) is 5.73 Å². The van der Waals surface area contributed by atoms with Crippen molar-refractivity contribution in [2.75, 3.05) is 5.32 Å². The molecule has 0 aliphatic heterocycles. The first kappa shape index (κ1) is 15.3. The van der Waals surface area contributed by atoms with E-state index in [0.717, 1.165) is 19.3 Å². The third-order valence-corrected chi connectivity index (χ3v) is 4.72. The highest BCUT2D eigenvalue weighted by molar-refractivity contribution is 5.93. The maximum Gasteiger partial charge on any atom is 0.229 e. The molecule has 2 aliphatic rings. The number of hydrogen-bond donors (Lipinski definition) is 2. The van der Waals surface area contributed by atoms with Gasteiger partial charge in [-0.25, -0.2) is 4.39 Å². The number of benzene rings is 1. The predicted molar refractivity (Wildman–Crippen MR) is 79.3 cm³/mol. The lowest BCUT2D eigenvalue weighted by atomic mass is 9.84. The van der Waals surface area contributed by atoms with Gasteiger partial charge in [0.25, 0.3) is 0 Å². The first-order chi connectivity index (χ1) is 9.06. The molecule has 5 heteroatoms. The number of carbonyl (C=O) groups excluding carboxylic acids is 1. The summed E-state index contributed by atoms with van der Waals surface area (Å²) in [6, 6.07) is 4.74. The fourth-order valence-electron chi connectivity index (χ4n) is 3.62. The highest BCUT2D eigenvalue weighted by Crippen LogP contribution is 2.47. The maximum atomic E-state index is 13.5. The molecule has 3 N–H and O–H groups in total. The average Bonchev–Trinajstić information content (AvgIpc) is 2.94. The van der Waals surface area contributed by atoms with Crippen LogP contribution in [0.5, 0.6) is 0 Å². The molecule has 0 saturated heterocycles. The smallest absolute Gasteiger partial charge is 0.229 e. The Hall–Kier alpha value is -1.13. The molecule has 1 amide bonds. The Morgan fingerprint density at radius 3 is 2.65 bits per heavy atom. The number of fused-ring (bicyclic) bond motifs is 2. The SMILES string of the molecule is Cc1ccc(NC(=O)C2C3CCC(C3)C2N)cc1F.Cl. The van der Waals surface area contributed by atoms with E-state index < -0.39 is 0 Å². The molecule has 1 aromatic rings. The zero-order chi connectivity index (χ0) is 13.6. The molecule has 0 aromatic heterocycles.